The number of hydrogen-bond donors (Lipinski definition) is 0. The van der Waals surface area contributed by atoms with E-state index in [1.807, 2.05) is 13.0 Å². The average molecular weight is 465 g/mol. The molecule has 0 bridgehead atoms. The predicted molar refractivity (Wildman–Crippen MR) is 138 cm³/mol. The van der Waals surface area contributed by atoms with Gasteiger partial charge in [0.2, 0.25) is 0 Å². The Morgan fingerprint density at radius 3 is 2.44 bits per heavy atom. The number of rotatable bonds is 12. The van der Waals surface area contributed by atoms with Gasteiger partial charge in [-0.3, -0.25) is 0 Å². The SMILES string of the molecule is CCOC(=O)/C=C1\CCC[C@]2(C)[C@@H]([C@H](C)CCCC(C)(C)O[Si](CC)(CC)CC)CC[C@@H]12. The molecule has 2 rings (SSSR count). The monoisotopic (exact) mass is 464 g/mol. The van der Waals surface area contributed by atoms with E-state index in [-0.39, 0.29) is 11.6 Å². The van der Waals surface area contributed by atoms with Crippen LogP contribution in [0, 0.1) is 23.2 Å². The number of ether oxygens (including phenoxy) is 1. The van der Waals surface area contributed by atoms with Gasteiger partial charge in [-0.05, 0) is 101 Å². The molecule has 0 saturated heterocycles. The summed E-state index contributed by atoms with van der Waals surface area (Å²) in [6.45, 7) is 19.0. The molecule has 0 amide bonds. The molecule has 4 heteroatoms. The second-order valence-corrected chi connectivity index (χ2v) is 16.2. The standard InChI is InChI=1S/C28H52O3Si/c1-9-30-26(29)21-23-16-14-20-28(8)24(17-18-25(23)28)22(5)15-13-19-27(6,7)31-32(10-2,11-3)12-4/h21-22,24-25H,9-20H2,1-8H3/b23-21+/t22-,24-,25+,28-/m1/s1. The van der Waals surface area contributed by atoms with Gasteiger partial charge in [0.15, 0.2) is 8.32 Å². The van der Waals surface area contributed by atoms with Gasteiger partial charge in [0.25, 0.3) is 0 Å². The summed E-state index contributed by atoms with van der Waals surface area (Å²) < 4.78 is 12.1. The molecule has 0 aromatic heterocycles. The molecule has 0 radical (unpaired) electrons. The van der Waals surface area contributed by atoms with Gasteiger partial charge in [-0.2, -0.15) is 0 Å². The summed E-state index contributed by atoms with van der Waals surface area (Å²) >= 11 is 0. The molecule has 32 heavy (non-hydrogen) atoms. The smallest absolute Gasteiger partial charge is 0.330 e. The van der Waals surface area contributed by atoms with Crippen molar-refractivity contribution in [3.8, 4) is 0 Å². The molecule has 0 spiro atoms. The van der Waals surface area contributed by atoms with E-state index in [4.69, 9.17) is 9.16 Å². The van der Waals surface area contributed by atoms with Crippen molar-refractivity contribution in [2.45, 2.75) is 130 Å². The number of carbonyl (C=O) groups is 1. The highest BCUT2D eigenvalue weighted by Gasteiger charge is 2.50. The van der Waals surface area contributed by atoms with Crippen molar-refractivity contribution in [1.82, 2.24) is 0 Å². The minimum absolute atomic E-state index is 0.00350. The van der Waals surface area contributed by atoms with Gasteiger partial charge >= 0.3 is 5.97 Å². The molecule has 4 atom stereocenters. The molecule has 2 aliphatic rings. The molecule has 3 nitrogen and oxygen atoms in total. The van der Waals surface area contributed by atoms with Gasteiger partial charge in [-0.25, -0.2) is 4.79 Å². The largest absolute Gasteiger partial charge is 0.463 e. The first-order valence-corrected chi connectivity index (χ1v) is 16.2. The van der Waals surface area contributed by atoms with Gasteiger partial charge in [0.05, 0.1) is 12.2 Å². The molecule has 0 heterocycles. The van der Waals surface area contributed by atoms with E-state index in [2.05, 4.69) is 48.5 Å². The number of hydrogen-bond acceptors (Lipinski definition) is 3. The molecular formula is C28H52O3Si. The van der Waals surface area contributed by atoms with Gasteiger partial charge in [-0.15, -0.1) is 0 Å². The van der Waals surface area contributed by atoms with Crippen LogP contribution < -0.4 is 0 Å². The van der Waals surface area contributed by atoms with Crippen molar-refractivity contribution in [2.75, 3.05) is 6.61 Å². The van der Waals surface area contributed by atoms with E-state index in [9.17, 15) is 4.79 Å². The summed E-state index contributed by atoms with van der Waals surface area (Å²) in [5.41, 5.74) is 1.70. The fraction of sp³-hybridized carbons (Fsp3) is 0.893. The van der Waals surface area contributed by atoms with E-state index in [1.54, 1.807) is 0 Å². The van der Waals surface area contributed by atoms with E-state index >= 15 is 0 Å². The van der Waals surface area contributed by atoms with Crippen LogP contribution in [-0.4, -0.2) is 26.5 Å². The van der Waals surface area contributed by atoms with Crippen molar-refractivity contribution < 1.29 is 14.0 Å². The third-order valence-corrected chi connectivity index (χ3v) is 14.0. The Bertz CT molecular complexity index is 628. The van der Waals surface area contributed by atoms with Crippen molar-refractivity contribution in [1.29, 1.82) is 0 Å². The van der Waals surface area contributed by atoms with Crippen LogP contribution in [0.25, 0.3) is 0 Å². The maximum Gasteiger partial charge on any atom is 0.330 e. The summed E-state index contributed by atoms with van der Waals surface area (Å²) in [5.74, 6) is 1.92. The zero-order valence-electron chi connectivity index (χ0n) is 22.5. The maximum atomic E-state index is 12.1. The Kier molecular flexibility index (Phi) is 10.1. The quantitative estimate of drug-likeness (QED) is 0.165. The summed E-state index contributed by atoms with van der Waals surface area (Å²) in [5, 5.41) is 0. The summed E-state index contributed by atoms with van der Waals surface area (Å²) in [6, 6.07) is 3.68. The zero-order valence-corrected chi connectivity index (χ0v) is 23.5. The molecule has 2 aliphatic carbocycles. The van der Waals surface area contributed by atoms with Crippen LogP contribution in [0.5, 0.6) is 0 Å². The van der Waals surface area contributed by atoms with Crippen LogP contribution in [0.15, 0.2) is 11.6 Å². The van der Waals surface area contributed by atoms with Crippen molar-refractivity contribution in [2.24, 2.45) is 23.2 Å². The summed E-state index contributed by atoms with van der Waals surface area (Å²) in [6.07, 6.45) is 11.7. The van der Waals surface area contributed by atoms with Gasteiger partial charge in [0.1, 0.15) is 0 Å². The van der Waals surface area contributed by atoms with Crippen LogP contribution in [-0.2, 0) is 14.0 Å². The number of carbonyl (C=O) groups excluding carboxylic acids is 1. The lowest BCUT2D eigenvalue weighted by atomic mass is 9.60. The van der Waals surface area contributed by atoms with E-state index < -0.39 is 8.32 Å². The molecule has 2 saturated carbocycles. The second kappa shape index (κ2) is 11.7. The lowest BCUT2D eigenvalue weighted by Gasteiger charge is -2.44. The molecular weight excluding hydrogens is 412 g/mol. The van der Waals surface area contributed by atoms with Gasteiger partial charge in [-0.1, -0.05) is 53.0 Å². The lowest BCUT2D eigenvalue weighted by molar-refractivity contribution is -0.137. The summed E-state index contributed by atoms with van der Waals surface area (Å²) in [7, 11) is -1.56. The minimum atomic E-state index is -1.56. The third kappa shape index (κ3) is 6.49. The Hall–Kier alpha value is -0.613. The molecule has 0 N–H and O–H groups in total. The van der Waals surface area contributed by atoms with Crippen LogP contribution in [0.3, 0.4) is 0 Å². The molecule has 0 aromatic rings. The van der Waals surface area contributed by atoms with Gasteiger partial charge in [0, 0.05) is 6.08 Å². The Balaban J connectivity index is 1.96. The normalized spacial score (nSPS) is 28.6. The van der Waals surface area contributed by atoms with Crippen LogP contribution in [0.1, 0.15) is 107 Å². The first-order valence-electron chi connectivity index (χ1n) is 13.6. The van der Waals surface area contributed by atoms with Crippen molar-refractivity contribution in [3.63, 3.8) is 0 Å². The number of fused-ring (bicyclic) bond motifs is 1. The fourth-order valence-corrected chi connectivity index (χ4v) is 10.4. The van der Waals surface area contributed by atoms with E-state index in [1.165, 1.54) is 62.2 Å². The molecule has 0 unspecified atom stereocenters. The first-order chi connectivity index (χ1) is 15.1. The van der Waals surface area contributed by atoms with E-state index in [0.717, 1.165) is 24.7 Å². The first kappa shape index (κ1) is 27.6. The topological polar surface area (TPSA) is 35.5 Å². The predicted octanol–water partition coefficient (Wildman–Crippen LogP) is 8.30. The second-order valence-electron chi connectivity index (χ2n) is 11.5. The van der Waals surface area contributed by atoms with Crippen LogP contribution in [0.2, 0.25) is 18.1 Å². The lowest BCUT2D eigenvalue weighted by Crippen LogP contribution is -2.44. The highest BCUT2D eigenvalue weighted by Crippen LogP contribution is 2.59. The van der Waals surface area contributed by atoms with Crippen LogP contribution in [0.4, 0.5) is 0 Å². The molecule has 0 aliphatic heterocycles. The van der Waals surface area contributed by atoms with Crippen molar-refractivity contribution in [3.05, 3.63) is 11.6 Å². The number of esters is 1. The molecule has 0 aromatic carbocycles. The van der Waals surface area contributed by atoms with Crippen molar-refractivity contribution >= 4 is 14.3 Å². The summed E-state index contributed by atoms with van der Waals surface area (Å²) in [4.78, 5) is 12.1. The highest BCUT2D eigenvalue weighted by atomic mass is 28.4. The molecule has 2 fully saturated rings. The highest BCUT2D eigenvalue weighted by molar-refractivity contribution is 6.73. The third-order valence-electron chi connectivity index (χ3n) is 9.18. The zero-order chi connectivity index (χ0) is 24.0. The Morgan fingerprint density at radius 1 is 1.19 bits per heavy atom. The van der Waals surface area contributed by atoms with E-state index in [0.29, 0.717) is 17.9 Å². The maximum absolute atomic E-state index is 12.1. The van der Waals surface area contributed by atoms with Gasteiger partial charge < -0.3 is 9.16 Å². The number of allylic oxidation sites excluding steroid dienone is 1. The Morgan fingerprint density at radius 2 is 1.84 bits per heavy atom. The Labute approximate surface area is 200 Å². The molecule has 186 valence electrons. The fourth-order valence-electron chi connectivity index (χ4n) is 7.18. The minimum Gasteiger partial charge on any atom is -0.463 e. The van der Waals surface area contributed by atoms with Crippen LogP contribution >= 0.6 is 0 Å². The average Bonchev–Trinajstić information content (AvgIpc) is 3.10.